The molecule has 0 amide bonds. The fourth-order valence-electron chi connectivity index (χ4n) is 3.53. The van der Waals surface area contributed by atoms with Gasteiger partial charge < -0.3 is 14.6 Å². The summed E-state index contributed by atoms with van der Waals surface area (Å²) in [6.07, 6.45) is 3.43. The van der Waals surface area contributed by atoms with Crippen molar-refractivity contribution in [2.45, 2.75) is 45.3 Å². The largest absolute Gasteiger partial charge is 0.493 e. The van der Waals surface area contributed by atoms with Gasteiger partial charge in [-0.25, -0.2) is 13.2 Å². The topological polar surface area (TPSA) is 38.7 Å². The maximum absolute atomic E-state index is 14.6. The van der Waals surface area contributed by atoms with Crippen molar-refractivity contribution < 1.29 is 27.8 Å². The highest BCUT2D eigenvalue weighted by atomic mass is 19.2. The number of allylic oxidation sites excluding steroid dienone is 1. The zero-order chi connectivity index (χ0) is 24.5. The van der Waals surface area contributed by atoms with Crippen molar-refractivity contribution in [3.05, 3.63) is 95.8 Å². The molecule has 3 aromatic carbocycles. The minimum absolute atomic E-state index is 0.0451. The fourth-order valence-corrected chi connectivity index (χ4v) is 3.53. The van der Waals surface area contributed by atoms with Crippen molar-refractivity contribution in [1.29, 1.82) is 0 Å². The summed E-state index contributed by atoms with van der Waals surface area (Å²) in [5, 5.41) is 9.96. The van der Waals surface area contributed by atoms with Crippen molar-refractivity contribution >= 4 is 0 Å². The monoisotopic (exact) mass is 470 g/mol. The standard InChI is InChI=1S/C28H29F3O3/c1-3-5-6-16-33-22-13-15-23(25(29)17-22)19-8-11-21(12-9-19)34-18-20-10-14-24(26(32)7-4-2)28(31)27(20)30/h3,8-15,17,26,32H,1,4-7,16,18H2,2H3. The van der Waals surface area contributed by atoms with E-state index >= 15 is 0 Å². The van der Waals surface area contributed by atoms with Crippen LogP contribution in [0.1, 0.15) is 49.8 Å². The molecule has 1 unspecified atom stereocenters. The smallest absolute Gasteiger partial charge is 0.165 e. The minimum Gasteiger partial charge on any atom is -0.493 e. The van der Waals surface area contributed by atoms with E-state index < -0.39 is 23.6 Å². The van der Waals surface area contributed by atoms with E-state index in [4.69, 9.17) is 9.47 Å². The molecule has 0 aliphatic rings. The van der Waals surface area contributed by atoms with Crippen molar-refractivity contribution in [1.82, 2.24) is 0 Å². The predicted octanol–water partition coefficient (Wildman–Crippen LogP) is 7.53. The molecule has 180 valence electrons. The Balaban J connectivity index is 1.63. The summed E-state index contributed by atoms with van der Waals surface area (Å²) in [6.45, 7) is 5.82. The molecule has 0 aromatic heterocycles. The van der Waals surface area contributed by atoms with Gasteiger partial charge in [0.05, 0.1) is 12.7 Å². The SMILES string of the molecule is C=CCCCOc1ccc(-c2ccc(OCc3ccc(C(O)CCC)c(F)c3F)cc2)c(F)c1. The van der Waals surface area contributed by atoms with Crippen molar-refractivity contribution in [2.24, 2.45) is 0 Å². The molecule has 0 heterocycles. The number of aliphatic hydroxyl groups excluding tert-OH is 1. The van der Waals surface area contributed by atoms with E-state index in [1.807, 2.05) is 13.0 Å². The molecule has 0 aliphatic carbocycles. The molecule has 0 saturated carbocycles. The van der Waals surface area contributed by atoms with Gasteiger partial charge >= 0.3 is 0 Å². The quantitative estimate of drug-likeness (QED) is 0.220. The highest BCUT2D eigenvalue weighted by molar-refractivity contribution is 5.65. The number of ether oxygens (including phenoxy) is 2. The molecule has 3 aromatic rings. The van der Waals surface area contributed by atoms with Crippen molar-refractivity contribution in [3.63, 3.8) is 0 Å². The Hall–Kier alpha value is -3.25. The first-order valence-corrected chi connectivity index (χ1v) is 11.4. The van der Waals surface area contributed by atoms with Gasteiger partial charge in [-0.1, -0.05) is 43.7 Å². The average Bonchev–Trinajstić information content (AvgIpc) is 2.83. The zero-order valence-electron chi connectivity index (χ0n) is 19.2. The fraction of sp³-hybridized carbons (Fsp3) is 0.286. The van der Waals surface area contributed by atoms with Gasteiger partial charge in [0.2, 0.25) is 0 Å². The van der Waals surface area contributed by atoms with Gasteiger partial charge in [0.25, 0.3) is 0 Å². The van der Waals surface area contributed by atoms with Crippen LogP contribution in [0.25, 0.3) is 11.1 Å². The van der Waals surface area contributed by atoms with Gasteiger partial charge in [0, 0.05) is 22.8 Å². The molecule has 1 atom stereocenters. The van der Waals surface area contributed by atoms with E-state index in [1.165, 1.54) is 18.2 Å². The first kappa shape index (κ1) is 25.4. The molecule has 1 N–H and O–H groups in total. The molecule has 34 heavy (non-hydrogen) atoms. The Labute approximate surface area is 198 Å². The second-order valence-corrected chi connectivity index (χ2v) is 7.98. The lowest BCUT2D eigenvalue weighted by atomic mass is 10.0. The number of halogens is 3. The van der Waals surface area contributed by atoms with Crippen LogP contribution in [0.5, 0.6) is 11.5 Å². The molecule has 0 radical (unpaired) electrons. The Morgan fingerprint density at radius 3 is 2.35 bits per heavy atom. The number of benzene rings is 3. The Bertz CT molecular complexity index is 1100. The summed E-state index contributed by atoms with van der Waals surface area (Å²) >= 11 is 0. The number of aliphatic hydroxyl groups is 1. The van der Waals surface area contributed by atoms with Crippen LogP contribution in [0.3, 0.4) is 0 Å². The van der Waals surface area contributed by atoms with E-state index in [9.17, 15) is 18.3 Å². The summed E-state index contributed by atoms with van der Waals surface area (Å²) < 4.78 is 54.5. The van der Waals surface area contributed by atoms with Crippen LogP contribution in [-0.2, 0) is 6.61 Å². The molecule has 0 bridgehead atoms. The van der Waals surface area contributed by atoms with Crippen LogP contribution in [0, 0.1) is 17.5 Å². The minimum atomic E-state index is -1.05. The van der Waals surface area contributed by atoms with E-state index in [0.29, 0.717) is 42.1 Å². The number of hydrogen-bond acceptors (Lipinski definition) is 3. The molecular formula is C28H29F3O3. The van der Waals surface area contributed by atoms with E-state index in [2.05, 4.69) is 6.58 Å². The lowest BCUT2D eigenvalue weighted by Gasteiger charge is -2.14. The summed E-state index contributed by atoms with van der Waals surface area (Å²) in [7, 11) is 0. The maximum Gasteiger partial charge on any atom is 0.165 e. The zero-order valence-corrected chi connectivity index (χ0v) is 19.2. The lowest BCUT2D eigenvalue weighted by Crippen LogP contribution is -2.07. The number of hydrogen-bond donors (Lipinski definition) is 1. The van der Waals surface area contributed by atoms with Crippen LogP contribution >= 0.6 is 0 Å². The average molecular weight is 471 g/mol. The summed E-state index contributed by atoms with van der Waals surface area (Å²) in [4.78, 5) is 0. The molecular weight excluding hydrogens is 441 g/mol. The summed E-state index contributed by atoms with van der Waals surface area (Å²) in [6, 6.07) is 14.2. The van der Waals surface area contributed by atoms with Crippen LogP contribution in [0.4, 0.5) is 13.2 Å². The third-order valence-corrected chi connectivity index (χ3v) is 5.43. The second-order valence-electron chi connectivity index (χ2n) is 7.98. The summed E-state index contributed by atoms with van der Waals surface area (Å²) in [5.41, 5.74) is 1.06. The number of unbranched alkanes of at least 4 members (excludes halogenated alkanes) is 1. The van der Waals surface area contributed by atoms with Crippen LogP contribution in [-0.4, -0.2) is 11.7 Å². The maximum atomic E-state index is 14.6. The van der Waals surface area contributed by atoms with E-state index in [0.717, 1.165) is 12.8 Å². The van der Waals surface area contributed by atoms with Crippen LogP contribution < -0.4 is 9.47 Å². The Morgan fingerprint density at radius 1 is 0.941 bits per heavy atom. The normalized spacial score (nSPS) is 11.8. The lowest BCUT2D eigenvalue weighted by molar-refractivity contribution is 0.160. The molecule has 3 rings (SSSR count). The molecule has 3 nitrogen and oxygen atoms in total. The van der Waals surface area contributed by atoms with Gasteiger partial charge in [-0.15, -0.1) is 6.58 Å². The highest BCUT2D eigenvalue weighted by Crippen LogP contribution is 2.29. The van der Waals surface area contributed by atoms with E-state index in [-0.39, 0.29) is 17.7 Å². The third-order valence-electron chi connectivity index (χ3n) is 5.43. The van der Waals surface area contributed by atoms with E-state index in [1.54, 1.807) is 36.4 Å². The van der Waals surface area contributed by atoms with Crippen molar-refractivity contribution in [2.75, 3.05) is 6.61 Å². The molecule has 0 fully saturated rings. The highest BCUT2D eigenvalue weighted by Gasteiger charge is 2.19. The molecule has 0 saturated heterocycles. The van der Waals surface area contributed by atoms with Gasteiger partial charge in [-0.05, 0) is 49.1 Å². The third kappa shape index (κ3) is 6.41. The molecule has 0 aliphatic heterocycles. The Kier molecular flexibility index (Phi) is 9.16. The van der Waals surface area contributed by atoms with Gasteiger partial charge in [0.15, 0.2) is 11.6 Å². The van der Waals surface area contributed by atoms with Crippen LogP contribution in [0.15, 0.2) is 67.3 Å². The first-order chi connectivity index (χ1) is 16.4. The van der Waals surface area contributed by atoms with Gasteiger partial charge in [-0.2, -0.15) is 0 Å². The summed E-state index contributed by atoms with van der Waals surface area (Å²) in [5.74, 6) is -1.59. The van der Waals surface area contributed by atoms with Crippen LogP contribution in [0.2, 0.25) is 0 Å². The number of rotatable bonds is 12. The Morgan fingerprint density at radius 2 is 1.68 bits per heavy atom. The second kappa shape index (κ2) is 12.3. The molecule has 0 spiro atoms. The van der Waals surface area contributed by atoms with Gasteiger partial charge in [0.1, 0.15) is 23.9 Å². The first-order valence-electron chi connectivity index (χ1n) is 11.4. The van der Waals surface area contributed by atoms with Crippen molar-refractivity contribution in [3.8, 4) is 22.6 Å². The predicted molar refractivity (Wildman–Crippen MR) is 127 cm³/mol. The van der Waals surface area contributed by atoms with Gasteiger partial charge in [-0.3, -0.25) is 0 Å². The molecule has 6 heteroatoms.